The highest BCUT2D eigenvalue weighted by Gasteiger charge is 2.22. The molecule has 0 saturated carbocycles. The van der Waals surface area contributed by atoms with Gasteiger partial charge in [0.05, 0.1) is 0 Å². The standard InChI is InChI=1S/C34H22S2/c1-3-11-23(12-4-1)27-19-20-28(24-13-5-2-6-14-24)34(32-22-26-16-8-10-18-30(26)36-32)33(27)31-21-25-15-7-9-17-29(25)35-31/h1-22H. The van der Waals surface area contributed by atoms with Gasteiger partial charge in [-0.2, -0.15) is 0 Å². The zero-order chi connectivity index (χ0) is 23.9. The fourth-order valence-corrected chi connectivity index (χ4v) is 7.30. The molecule has 2 heterocycles. The minimum absolute atomic E-state index is 1.24. The summed E-state index contributed by atoms with van der Waals surface area (Å²) in [5.41, 5.74) is 7.66. The van der Waals surface area contributed by atoms with Crippen molar-refractivity contribution in [1.82, 2.24) is 0 Å². The number of benzene rings is 5. The fourth-order valence-electron chi connectivity index (χ4n) is 5.04. The zero-order valence-electron chi connectivity index (χ0n) is 19.5. The van der Waals surface area contributed by atoms with Crippen LogP contribution in [0.4, 0.5) is 0 Å². The van der Waals surface area contributed by atoms with E-state index in [9.17, 15) is 0 Å². The molecule has 0 nitrogen and oxygen atoms in total. The molecule has 0 bridgehead atoms. The number of hydrogen-bond donors (Lipinski definition) is 0. The van der Waals surface area contributed by atoms with E-state index in [0.717, 1.165) is 0 Å². The topological polar surface area (TPSA) is 0 Å². The third-order valence-corrected chi connectivity index (χ3v) is 8.99. The molecule has 0 atom stereocenters. The first-order valence-electron chi connectivity index (χ1n) is 12.1. The van der Waals surface area contributed by atoms with Gasteiger partial charge in [-0.15, -0.1) is 22.7 Å². The van der Waals surface area contributed by atoms with Crippen LogP contribution in [0.15, 0.2) is 133 Å². The van der Waals surface area contributed by atoms with Gasteiger partial charge >= 0.3 is 0 Å². The monoisotopic (exact) mass is 494 g/mol. The van der Waals surface area contributed by atoms with Crippen LogP contribution in [-0.4, -0.2) is 0 Å². The smallest absolute Gasteiger partial charge is 0.0368 e. The molecule has 7 aromatic rings. The first-order chi connectivity index (χ1) is 17.8. The van der Waals surface area contributed by atoms with Gasteiger partial charge in [0.2, 0.25) is 0 Å². The molecule has 0 amide bonds. The van der Waals surface area contributed by atoms with Crippen LogP contribution in [0.1, 0.15) is 0 Å². The Labute approximate surface area is 218 Å². The molecular weight excluding hydrogens is 473 g/mol. The lowest BCUT2D eigenvalue weighted by molar-refractivity contribution is 1.59. The van der Waals surface area contributed by atoms with Gasteiger partial charge in [0.15, 0.2) is 0 Å². The van der Waals surface area contributed by atoms with Crippen LogP contribution in [-0.2, 0) is 0 Å². The summed E-state index contributed by atoms with van der Waals surface area (Å²) < 4.78 is 2.64. The lowest BCUT2D eigenvalue weighted by Gasteiger charge is -2.18. The summed E-state index contributed by atoms with van der Waals surface area (Å²) >= 11 is 3.77. The summed E-state index contributed by atoms with van der Waals surface area (Å²) in [5, 5.41) is 2.59. The van der Waals surface area contributed by atoms with E-state index in [1.807, 2.05) is 22.7 Å². The Morgan fingerprint density at radius 1 is 0.361 bits per heavy atom. The maximum atomic E-state index is 2.37. The molecule has 0 aliphatic carbocycles. The molecule has 0 aliphatic heterocycles. The number of fused-ring (bicyclic) bond motifs is 2. The van der Waals surface area contributed by atoms with Crippen LogP contribution in [0.3, 0.4) is 0 Å². The van der Waals surface area contributed by atoms with Crippen LogP contribution >= 0.6 is 22.7 Å². The third kappa shape index (κ3) is 3.67. The molecule has 0 aliphatic rings. The molecule has 0 spiro atoms. The summed E-state index contributed by atoms with van der Waals surface area (Å²) in [6, 6.07) is 48.4. The Hall–Kier alpha value is -3.98. The van der Waals surface area contributed by atoms with Crippen LogP contribution in [0.2, 0.25) is 0 Å². The van der Waals surface area contributed by atoms with Crippen molar-refractivity contribution < 1.29 is 0 Å². The summed E-state index contributed by atoms with van der Waals surface area (Å²) in [4.78, 5) is 2.61. The summed E-state index contributed by atoms with van der Waals surface area (Å²) in [6.45, 7) is 0. The van der Waals surface area contributed by atoms with Crippen molar-refractivity contribution in [1.29, 1.82) is 0 Å². The predicted octanol–water partition coefficient (Wildman–Crippen LogP) is 10.8. The van der Waals surface area contributed by atoms with Crippen molar-refractivity contribution in [3.05, 3.63) is 133 Å². The van der Waals surface area contributed by atoms with E-state index >= 15 is 0 Å². The second-order valence-electron chi connectivity index (χ2n) is 8.94. The largest absolute Gasteiger partial charge is 0.135 e. The first kappa shape index (κ1) is 21.3. The van der Waals surface area contributed by atoms with Crippen LogP contribution in [0, 0.1) is 0 Å². The minimum atomic E-state index is 1.24. The van der Waals surface area contributed by atoms with E-state index in [2.05, 4.69) is 133 Å². The molecule has 5 aromatic carbocycles. The average molecular weight is 495 g/mol. The number of thiophene rings is 2. The van der Waals surface area contributed by atoms with Crippen molar-refractivity contribution >= 4 is 42.8 Å². The van der Waals surface area contributed by atoms with E-state index in [1.165, 1.54) is 63.3 Å². The second kappa shape index (κ2) is 8.91. The minimum Gasteiger partial charge on any atom is -0.135 e. The van der Waals surface area contributed by atoms with E-state index in [0.29, 0.717) is 0 Å². The molecule has 0 unspecified atom stereocenters. The Morgan fingerprint density at radius 3 is 1.17 bits per heavy atom. The van der Waals surface area contributed by atoms with Gasteiger partial charge in [-0.25, -0.2) is 0 Å². The second-order valence-corrected chi connectivity index (χ2v) is 11.1. The summed E-state index contributed by atoms with van der Waals surface area (Å²) in [6.07, 6.45) is 0. The quantitative estimate of drug-likeness (QED) is 0.228. The lowest BCUT2D eigenvalue weighted by atomic mass is 9.87. The van der Waals surface area contributed by atoms with Crippen molar-refractivity contribution in [2.75, 3.05) is 0 Å². The van der Waals surface area contributed by atoms with Gasteiger partial charge in [-0.05, 0) is 57.3 Å². The van der Waals surface area contributed by atoms with Crippen molar-refractivity contribution in [3.63, 3.8) is 0 Å². The van der Waals surface area contributed by atoms with Crippen molar-refractivity contribution in [2.45, 2.75) is 0 Å². The van der Waals surface area contributed by atoms with Gasteiger partial charge in [-0.1, -0.05) is 109 Å². The van der Waals surface area contributed by atoms with Gasteiger partial charge in [0, 0.05) is 30.3 Å². The van der Waals surface area contributed by atoms with Crippen molar-refractivity contribution in [2.24, 2.45) is 0 Å². The van der Waals surface area contributed by atoms with E-state index in [1.54, 1.807) is 0 Å². The average Bonchev–Trinajstić information content (AvgIpc) is 3.57. The van der Waals surface area contributed by atoms with Crippen LogP contribution in [0.25, 0.3) is 63.3 Å². The molecule has 170 valence electrons. The molecule has 0 saturated heterocycles. The Morgan fingerprint density at radius 2 is 0.750 bits per heavy atom. The summed E-state index contributed by atoms with van der Waals surface area (Å²) in [7, 11) is 0. The Kier molecular flexibility index (Phi) is 5.27. The molecule has 0 N–H and O–H groups in total. The molecule has 2 aromatic heterocycles. The van der Waals surface area contributed by atoms with Crippen molar-refractivity contribution in [3.8, 4) is 43.1 Å². The Balaban J connectivity index is 1.62. The molecule has 36 heavy (non-hydrogen) atoms. The Bertz CT molecular complexity index is 1620. The predicted molar refractivity (Wildman–Crippen MR) is 159 cm³/mol. The lowest BCUT2D eigenvalue weighted by Crippen LogP contribution is -1.92. The molecule has 7 rings (SSSR count). The SMILES string of the molecule is c1ccc(-c2ccc(-c3ccccc3)c(-c3cc4ccccc4s3)c2-c2cc3ccccc3s2)cc1. The molecule has 2 heteroatoms. The maximum Gasteiger partial charge on any atom is 0.0368 e. The zero-order valence-corrected chi connectivity index (χ0v) is 21.2. The fraction of sp³-hybridized carbons (Fsp3) is 0. The summed E-state index contributed by atoms with van der Waals surface area (Å²) in [5.74, 6) is 0. The molecular formula is C34H22S2. The third-order valence-electron chi connectivity index (χ3n) is 6.72. The van der Waals surface area contributed by atoms with Crippen LogP contribution < -0.4 is 0 Å². The maximum absolute atomic E-state index is 2.37. The highest BCUT2D eigenvalue weighted by Crippen LogP contribution is 2.50. The highest BCUT2D eigenvalue weighted by molar-refractivity contribution is 7.23. The first-order valence-corrected chi connectivity index (χ1v) is 13.7. The number of rotatable bonds is 4. The highest BCUT2D eigenvalue weighted by atomic mass is 32.1. The molecule has 0 radical (unpaired) electrons. The number of hydrogen-bond acceptors (Lipinski definition) is 2. The normalized spacial score (nSPS) is 11.3. The molecule has 0 fully saturated rings. The van der Waals surface area contributed by atoms with Gasteiger partial charge in [0.25, 0.3) is 0 Å². The van der Waals surface area contributed by atoms with Gasteiger partial charge in [-0.3, -0.25) is 0 Å². The van der Waals surface area contributed by atoms with E-state index in [4.69, 9.17) is 0 Å². The van der Waals surface area contributed by atoms with E-state index in [-0.39, 0.29) is 0 Å². The van der Waals surface area contributed by atoms with E-state index < -0.39 is 0 Å². The van der Waals surface area contributed by atoms with Gasteiger partial charge < -0.3 is 0 Å². The van der Waals surface area contributed by atoms with Gasteiger partial charge in [0.1, 0.15) is 0 Å². The van der Waals surface area contributed by atoms with Crippen LogP contribution in [0.5, 0.6) is 0 Å².